The Hall–Kier alpha value is -1.75. The number of para-hydroxylation sites is 1. The van der Waals surface area contributed by atoms with E-state index in [1.54, 1.807) is 7.11 Å². The standard InChI is InChI=1S/C16H27N3O2/c1-5-14(11-16(17)18-20)19(3)12(2)10-13-8-6-7-9-15(13)21-4/h6-9,12,14,20H,5,10-11H2,1-4H3,(H2,17,18). The van der Waals surface area contributed by atoms with E-state index in [9.17, 15) is 0 Å². The first-order chi connectivity index (χ1) is 10.0. The number of benzene rings is 1. The molecule has 0 aliphatic rings. The summed E-state index contributed by atoms with van der Waals surface area (Å²) >= 11 is 0. The van der Waals surface area contributed by atoms with Crippen LogP contribution in [0.15, 0.2) is 29.4 Å². The average Bonchev–Trinajstić information content (AvgIpc) is 2.51. The highest BCUT2D eigenvalue weighted by molar-refractivity contribution is 5.80. The van der Waals surface area contributed by atoms with E-state index in [1.165, 1.54) is 5.56 Å². The maximum atomic E-state index is 8.73. The van der Waals surface area contributed by atoms with Crippen molar-refractivity contribution in [3.8, 4) is 5.75 Å². The van der Waals surface area contributed by atoms with Gasteiger partial charge in [-0.15, -0.1) is 0 Å². The second-order valence-corrected chi connectivity index (χ2v) is 5.39. The van der Waals surface area contributed by atoms with E-state index >= 15 is 0 Å². The van der Waals surface area contributed by atoms with Crippen LogP contribution in [0.5, 0.6) is 5.75 Å². The fourth-order valence-corrected chi connectivity index (χ4v) is 2.55. The summed E-state index contributed by atoms with van der Waals surface area (Å²) in [6.07, 6.45) is 2.41. The third kappa shape index (κ3) is 4.93. The molecule has 21 heavy (non-hydrogen) atoms. The summed E-state index contributed by atoms with van der Waals surface area (Å²) in [5.41, 5.74) is 6.83. The first kappa shape index (κ1) is 17.3. The minimum Gasteiger partial charge on any atom is -0.496 e. The zero-order valence-corrected chi connectivity index (χ0v) is 13.4. The second kappa shape index (κ2) is 8.52. The first-order valence-corrected chi connectivity index (χ1v) is 7.33. The van der Waals surface area contributed by atoms with E-state index in [1.807, 2.05) is 18.2 Å². The molecule has 5 nitrogen and oxygen atoms in total. The molecule has 0 saturated carbocycles. The second-order valence-electron chi connectivity index (χ2n) is 5.39. The quantitative estimate of drug-likeness (QED) is 0.334. The van der Waals surface area contributed by atoms with Gasteiger partial charge in [-0.1, -0.05) is 30.3 Å². The molecule has 3 N–H and O–H groups in total. The van der Waals surface area contributed by atoms with Crippen molar-refractivity contribution in [2.24, 2.45) is 10.9 Å². The van der Waals surface area contributed by atoms with Crippen LogP contribution in [-0.4, -0.2) is 42.2 Å². The van der Waals surface area contributed by atoms with Gasteiger partial charge < -0.3 is 15.7 Å². The Morgan fingerprint density at radius 1 is 1.43 bits per heavy atom. The lowest BCUT2D eigenvalue weighted by Crippen LogP contribution is -2.41. The Morgan fingerprint density at radius 2 is 2.10 bits per heavy atom. The zero-order valence-electron chi connectivity index (χ0n) is 13.4. The van der Waals surface area contributed by atoms with Gasteiger partial charge in [0.15, 0.2) is 0 Å². The lowest BCUT2D eigenvalue weighted by Gasteiger charge is -2.32. The number of amidine groups is 1. The molecule has 0 bridgehead atoms. The van der Waals surface area contributed by atoms with E-state index in [4.69, 9.17) is 15.7 Å². The van der Waals surface area contributed by atoms with Crippen LogP contribution in [-0.2, 0) is 6.42 Å². The number of ether oxygens (including phenoxy) is 1. The van der Waals surface area contributed by atoms with Gasteiger partial charge in [-0.2, -0.15) is 0 Å². The van der Waals surface area contributed by atoms with Crippen LogP contribution in [0, 0.1) is 0 Å². The SMILES string of the molecule is CCC(CC(N)=NO)N(C)C(C)Cc1ccccc1OC. The summed E-state index contributed by atoms with van der Waals surface area (Å²) in [6, 6.07) is 8.66. The fourth-order valence-electron chi connectivity index (χ4n) is 2.55. The minimum absolute atomic E-state index is 0.255. The van der Waals surface area contributed by atoms with E-state index < -0.39 is 0 Å². The molecule has 118 valence electrons. The molecule has 0 spiro atoms. The first-order valence-electron chi connectivity index (χ1n) is 7.33. The Bertz CT molecular complexity index is 463. The van der Waals surface area contributed by atoms with Crippen molar-refractivity contribution in [2.45, 2.75) is 45.2 Å². The highest BCUT2D eigenvalue weighted by Crippen LogP contribution is 2.21. The highest BCUT2D eigenvalue weighted by atomic mass is 16.5. The molecule has 1 aromatic rings. The number of oxime groups is 1. The summed E-state index contributed by atoms with van der Waals surface area (Å²) in [6.45, 7) is 4.29. The minimum atomic E-state index is 0.255. The molecule has 0 saturated heterocycles. The normalized spacial score (nSPS) is 15.0. The van der Waals surface area contributed by atoms with Gasteiger partial charge in [0.25, 0.3) is 0 Å². The van der Waals surface area contributed by atoms with Crippen molar-refractivity contribution in [2.75, 3.05) is 14.2 Å². The maximum absolute atomic E-state index is 8.73. The van der Waals surface area contributed by atoms with Gasteiger partial charge in [0.1, 0.15) is 11.6 Å². The number of hydrogen-bond acceptors (Lipinski definition) is 4. The van der Waals surface area contributed by atoms with Crippen molar-refractivity contribution < 1.29 is 9.94 Å². The van der Waals surface area contributed by atoms with Crippen molar-refractivity contribution in [3.05, 3.63) is 29.8 Å². The van der Waals surface area contributed by atoms with E-state index in [-0.39, 0.29) is 11.9 Å². The van der Waals surface area contributed by atoms with Crippen molar-refractivity contribution in [1.29, 1.82) is 0 Å². The molecular weight excluding hydrogens is 266 g/mol. The van der Waals surface area contributed by atoms with Gasteiger partial charge in [-0.25, -0.2) is 0 Å². The molecule has 0 radical (unpaired) electrons. The molecule has 2 atom stereocenters. The molecule has 0 aliphatic carbocycles. The van der Waals surface area contributed by atoms with Gasteiger partial charge in [-0.3, -0.25) is 4.90 Å². The molecule has 0 fully saturated rings. The molecule has 1 aromatic carbocycles. The Morgan fingerprint density at radius 3 is 2.67 bits per heavy atom. The smallest absolute Gasteiger partial charge is 0.140 e. The van der Waals surface area contributed by atoms with Crippen molar-refractivity contribution in [3.63, 3.8) is 0 Å². The van der Waals surface area contributed by atoms with Crippen molar-refractivity contribution in [1.82, 2.24) is 4.90 Å². The number of rotatable bonds is 8. The predicted molar refractivity (Wildman–Crippen MR) is 86.0 cm³/mol. The maximum Gasteiger partial charge on any atom is 0.140 e. The van der Waals surface area contributed by atoms with Gasteiger partial charge >= 0.3 is 0 Å². The Balaban J connectivity index is 2.74. The fraction of sp³-hybridized carbons (Fsp3) is 0.562. The van der Waals surface area contributed by atoms with Crippen LogP contribution < -0.4 is 10.5 Å². The topological polar surface area (TPSA) is 71.1 Å². The van der Waals surface area contributed by atoms with Crippen LogP contribution in [0.2, 0.25) is 0 Å². The van der Waals surface area contributed by atoms with Gasteiger partial charge in [-0.05, 0) is 38.4 Å². The number of likely N-dealkylation sites (N-methyl/N-ethyl adjacent to an activating group) is 1. The van der Waals surface area contributed by atoms with Crippen LogP contribution in [0.1, 0.15) is 32.3 Å². The third-order valence-corrected chi connectivity index (χ3v) is 4.02. The molecular formula is C16H27N3O2. The average molecular weight is 293 g/mol. The monoisotopic (exact) mass is 293 g/mol. The molecule has 0 aromatic heterocycles. The van der Waals surface area contributed by atoms with E-state index in [2.05, 4.69) is 37.0 Å². The van der Waals surface area contributed by atoms with Gasteiger partial charge in [0.05, 0.1) is 7.11 Å². The Kier molecular flexibility index (Phi) is 7.02. The lowest BCUT2D eigenvalue weighted by atomic mass is 10.0. The molecule has 0 heterocycles. The number of methoxy groups -OCH3 is 1. The van der Waals surface area contributed by atoms with Gasteiger partial charge in [0, 0.05) is 18.5 Å². The zero-order chi connectivity index (χ0) is 15.8. The molecule has 1 rings (SSSR count). The summed E-state index contributed by atoms with van der Waals surface area (Å²) in [5, 5.41) is 11.8. The van der Waals surface area contributed by atoms with Crippen LogP contribution >= 0.6 is 0 Å². The number of nitrogens with zero attached hydrogens (tertiary/aromatic N) is 2. The van der Waals surface area contributed by atoms with Gasteiger partial charge in [0.2, 0.25) is 0 Å². The van der Waals surface area contributed by atoms with E-state index in [0.29, 0.717) is 12.5 Å². The van der Waals surface area contributed by atoms with Crippen LogP contribution in [0.25, 0.3) is 0 Å². The lowest BCUT2D eigenvalue weighted by molar-refractivity contribution is 0.179. The molecule has 5 heteroatoms. The molecule has 0 amide bonds. The summed E-state index contributed by atoms with van der Waals surface area (Å²) in [4.78, 5) is 2.28. The summed E-state index contributed by atoms with van der Waals surface area (Å²) in [5.74, 6) is 1.19. The summed E-state index contributed by atoms with van der Waals surface area (Å²) < 4.78 is 5.40. The van der Waals surface area contributed by atoms with Crippen LogP contribution in [0.3, 0.4) is 0 Å². The number of hydrogen-bond donors (Lipinski definition) is 2. The van der Waals surface area contributed by atoms with Crippen molar-refractivity contribution >= 4 is 5.84 Å². The number of nitrogens with two attached hydrogens (primary N) is 1. The van der Waals surface area contributed by atoms with E-state index in [0.717, 1.165) is 18.6 Å². The predicted octanol–water partition coefficient (Wildman–Crippen LogP) is 2.47. The largest absolute Gasteiger partial charge is 0.496 e. The summed E-state index contributed by atoms with van der Waals surface area (Å²) in [7, 11) is 3.78. The molecule has 0 aliphatic heterocycles. The molecule has 2 unspecified atom stereocenters. The third-order valence-electron chi connectivity index (χ3n) is 4.02. The Labute approximate surface area is 127 Å². The highest BCUT2D eigenvalue weighted by Gasteiger charge is 2.20. The van der Waals surface area contributed by atoms with Crippen LogP contribution in [0.4, 0.5) is 0 Å².